The molecule has 0 saturated heterocycles. The summed E-state index contributed by atoms with van der Waals surface area (Å²) in [5.41, 5.74) is 3.67. The van der Waals surface area contributed by atoms with Crippen molar-refractivity contribution in [1.82, 2.24) is 9.97 Å². The van der Waals surface area contributed by atoms with Gasteiger partial charge in [-0.25, -0.2) is 15.8 Å². The van der Waals surface area contributed by atoms with Crippen LogP contribution in [0.4, 0.5) is 11.6 Å². The van der Waals surface area contributed by atoms with Crippen molar-refractivity contribution in [2.24, 2.45) is 5.84 Å². The molecule has 0 fully saturated rings. The number of aromatic nitrogens is 2. The van der Waals surface area contributed by atoms with E-state index in [-0.39, 0.29) is 0 Å². The van der Waals surface area contributed by atoms with Gasteiger partial charge in [0.1, 0.15) is 18.0 Å². The van der Waals surface area contributed by atoms with E-state index in [1.807, 2.05) is 6.07 Å². The maximum atomic E-state index is 5.47. The number of nitrogen functional groups attached to an aromatic ring is 1. The smallest absolute Gasteiger partial charge is 0.148 e. The largest absolute Gasteiger partial charge is 0.365 e. The highest BCUT2D eigenvalue weighted by atomic mass is 32.1. The zero-order chi connectivity index (χ0) is 12.8. The molecule has 0 aromatic carbocycles. The third-order valence-electron chi connectivity index (χ3n) is 2.59. The molecular weight excluding hydrogens is 246 g/mol. The summed E-state index contributed by atoms with van der Waals surface area (Å²) in [6, 6.07) is 4.14. The average Bonchev–Trinajstić information content (AvgIpc) is 2.91. The highest BCUT2D eigenvalue weighted by Crippen LogP contribution is 2.22. The lowest BCUT2D eigenvalue weighted by atomic mass is 10.1. The molecule has 2 heterocycles. The number of hydrogen-bond donors (Lipinski definition) is 3. The van der Waals surface area contributed by atoms with Crippen LogP contribution in [0, 0.1) is 0 Å². The molecule has 0 bridgehead atoms. The first-order valence-corrected chi connectivity index (χ1v) is 6.79. The monoisotopic (exact) mass is 263 g/mol. The van der Waals surface area contributed by atoms with Gasteiger partial charge in [-0.15, -0.1) is 11.3 Å². The van der Waals surface area contributed by atoms with Crippen LogP contribution >= 0.6 is 11.3 Å². The SMILES string of the molecule is CCCc1c(NN)ncnc1NCc1cccs1. The van der Waals surface area contributed by atoms with Crippen LogP contribution in [0.25, 0.3) is 0 Å². The van der Waals surface area contributed by atoms with Gasteiger partial charge in [-0.1, -0.05) is 19.4 Å². The van der Waals surface area contributed by atoms with Gasteiger partial charge in [0.15, 0.2) is 0 Å². The molecule has 96 valence electrons. The molecule has 0 amide bonds. The van der Waals surface area contributed by atoms with Crippen molar-refractivity contribution < 1.29 is 0 Å². The van der Waals surface area contributed by atoms with Gasteiger partial charge in [0, 0.05) is 10.4 Å². The second-order valence-electron chi connectivity index (χ2n) is 3.88. The number of anilines is 2. The van der Waals surface area contributed by atoms with Crippen LogP contribution in [0.3, 0.4) is 0 Å². The Labute approximate surface area is 110 Å². The number of nitrogens with two attached hydrogens (primary N) is 1. The molecule has 2 aromatic heterocycles. The van der Waals surface area contributed by atoms with E-state index in [4.69, 9.17) is 5.84 Å². The first-order valence-electron chi connectivity index (χ1n) is 5.92. The number of hydrogen-bond acceptors (Lipinski definition) is 6. The quantitative estimate of drug-likeness (QED) is 0.551. The van der Waals surface area contributed by atoms with Crippen LogP contribution in [0.15, 0.2) is 23.8 Å². The van der Waals surface area contributed by atoms with Crippen molar-refractivity contribution >= 4 is 23.0 Å². The third kappa shape index (κ3) is 2.96. The first kappa shape index (κ1) is 12.8. The van der Waals surface area contributed by atoms with Gasteiger partial charge in [0.25, 0.3) is 0 Å². The van der Waals surface area contributed by atoms with Crippen LogP contribution in [0.1, 0.15) is 23.8 Å². The minimum Gasteiger partial charge on any atom is -0.365 e. The maximum absolute atomic E-state index is 5.47. The molecule has 0 saturated carbocycles. The van der Waals surface area contributed by atoms with E-state index >= 15 is 0 Å². The van der Waals surface area contributed by atoms with Crippen LogP contribution < -0.4 is 16.6 Å². The Bertz CT molecular complexity index is 483. The van der Waals surface area contributed by atoms with E-state index in [1.54, 1.807) is 11.3 Å². The molecule has 2 aromatic rings. The molecule has 6 heteroatoms. The summed E-state index contributed by atoms with van der Waals surface area (Å²) in [6.45, 7) is 2.89. The standard InChI is InChI=1S/C12H17N5S/c1-2-4-10-11(15-8-16-12(10)17-13)14-7-9-5-3-6-18-9/h3,5-6,8H,2,4,7,13H2,1H3,(H2,14,15,16,17). The lowest BCUT2D eigenvalue weighted by Crippen LogP contribution is -2.14. The van der Waals surface area contributed by atoms with Gasteiger partial charge in [-0.2, -0.15) is 0 Å². The molecule has 5 nitrogen and oxygen atoms in total. The Morgan fingerprint density at radius 3 is 2.83 bits per heavy atom. The van der Waals surface area contributed by atoms with E-state index in [2.05, 4.69) is 39.1 Å². The summed E-state index contributed by atoms with van der Waals surface area (Å²) in [5.74, 6) is 7.02. The molecule has 0 aliphatic heterocycles. The zero-order valence-electron chi connectivity index (χ0n) is 10.3. The summed E-state index contributed by atoms with van der Waals surface area (Å²) in [6.07, 6.45) is 3.44. The van der Waals surface area contributed by atoms with Gasteiger partial charge in [0.2, 0.25) is 0 Å². The third-order valence-corrected chi connectivity index (χ3v) is 3.47. The Hall–Kier alpha value is -1.66. The van der Waals surface area contributed by atoms with E-state index < -0.39 is 0 Å². The predicted molar refractivity (Wildman–Crippen MR) is 75.5 cm³/mol. The summed E-state index contributed by atoms with van der Waals surface area (Å²) >= 11 is 1.73. The summed E-state index contributed by atoms with van der Waals surface area (Å²) in [5, 5.41) is 5.41. The van der Waals surface area contributed by atoms with Crippen molar-refractivity contribution in [3.63, 3.8) is 0 Å². The summed E-state index contributed by atoms with van der Waals surface area (Å²) < 4.78 is 0. The van der Waals surface area contributed by atoms with Crippen molar-refractivity contribution in [2.45, 2.75) is 26.3 Å². The zero-order valence-corrected chi connectivity index (χ0v) is 11.1. The van der Waals surface area contributed by atoms with E-state index in [0.29, 0.717) is 5.82 Å². The average molecular weight is 263 g/mol. The van der Waals surface area contributed by atoms with Gasteiger partial charge >= 0.3 is 0 Å². The number of thiophene rings is 1. The lowest BCUT2D eigenvalue weighted by molar-refractivity contribution is 0.897. The Balaban J connectivity index is 2.15. The fraction of sp³-hybridized carbons (Fsp3) is 0.333. The summed E-state index contributed by atoms with van der Waals surface area (Å²) in [4.78, 5) is 9.71. The Kier molecular flexibility index (Phi) is 4.49. The van der Waals surface area contributed by atoms with Crippen LogP contribution in [-0.4, -0.2) is 9.97 Å². The van der Waals surface area contributed by atoms with Crippen LogP contribution in [-0.2, 0) is 13.0 Å². The molecule has 0 aliphatic carbocycles. The highest BCUT2D eigenvalue weighted by molar-refractivity contribution is 7.09. The minimum atomic E-state index is 0.695. The van der Waals surface area contributed by atoms with E-state index in [1.165, 1.54) is 11.2 Å². The topological polar surface area (TPSA) is 75.9 Å². The normalized spacial score (nSPS) is 10.3. The number of rotatable bonds is 6. The van der Waals surface area contributed by atoms with Gasteiger partial charge in [-0.3, -0.25) is 0 Å². The fourth-order valence-corrected chi connectivity index (χ4v) is 2.40. The van der Waals surface area contributed by atoms with Crippen LogP contribution in [0.5, 0.6) is 0 Å². The maximum Gasteiger partial charge on any atom is 0.148 e. The van der Waals surface area contributed by atoms with Crippen molar-refractivity contribution in [3.05, 3.63) is 34.3 Å². The Morgan fingerprint density at radius 2 is 2.17 bits per heavy atom. The van der Waals surface area contributed by atoms with Gasteiger partial charge in [0.05, 0.1) is 6.54 Å². The minimum absolute atomic E-state index is 0.695. The molecule has 0 spiro atoms. The van der Waals surface area contributed by atoms with Gasteiger partial charge in [-0.05, 0) is 17.9 Å². The summed E-state index contributed by atoms with van der Waals surface area (Å²) in [7, 11) is 0. The molecule has 0 aliphatic rings. The van der Waals surface area contributed by atoms with Crippen molar-refractivity contribution in [1.29, 1.82) is 0 Å². The van der Waals surface area contributed by atoms with Crippen LogP contribution in [0.2, 0.25) is 0 Å². The second kappa shape index (κ2) is 6.32. The molecule has 0 radical (unpaired) electrons. The molecule has 4 N–H and O–H groups in total. The molecular formula is C12H17N5S. The molecule has 2 rings (SSSR count). The fourth-order valence-electron chi connectivity index (χ4n) is 1.76. The predicted octanol–water partition coefficient (Wildman–Crippen LogP) is 2.39. The van der Waals surface area contributed by atoms with E-state index in [9.17, 15) is 0 Å². The highest BCUT2D eigenvalue weighted by Gasteiger charge is 2.09. The molecule has 18 heavy (non-hydrogen) atoms. The molecule has 0 unspecified atom stereocenters. The number of nitrogens with zero attached hydrogens (tertiary/aromatic N) is 2. The second-order valence-corrected chi connectivity index (χ2v) is 4.91. The number of hydrazine groups is 1. The first-order chi connectivity index (χ1) is 8.85. The molecule has 0 atom stereocenters. The Morgan fingerprint density at radius 1 is 1.33 bits per heavy atom. The van der Waals surface area contributed by atoms with Crippen molar-refractivity contribution in [3.8, 4) is 0 Å². The van der Waals surface area contributed by atoms with Crippen molar-refractivity contribution in [2.75, 3.05) is 10.7 Å². The van der Waals surface area contributed by atoms with E-state index in [0.717, 1.165) is 30.8 Å². The number of nitrogens with one attached hydrogen (secondary N) is 2. The lowest BCUT2D eigenvalue weighted by Gasteiger charge is -2.12. The van der Waals surface area contributed by atoms with Gasteiger partial charge < -0.3 is 10.7 Å².